The molecular formula is C12H18N2O3. The number of amides is 1. The Bertz CT molecular complexity index is 355. The van der Waals surface area contributed by atoms with E-state index in [1.165, 1.54) is 0 Å². The Balaban J connectivity index is 2.59. The molecule has 1 amide bonds. The average Bonchev–Trinajstić information content (AvgIpc) is 2.35. The lowest BCUT2D eigenvalue weighted by atomic mass is 10.3. The first-order chi connectivity index (χ1) is 8.27. The van der Waals surface area contributed by atoms with E-state index in [2.05, 4.69) is 5.32 Å². The molecule has 0 aliphatic rings. The van der Waals surface area contributed by atoms with E-state index in [0.717, 1.165) is 0 Å². The van der Waals surface area contributed by atoms with Gasteiger partial charge in [0.2, 0.25) is 5.91 Å². The first-order valence-corrected chi connectivity index (χ1v) is 5.57. The fraction of sp³-hybridized carbons (Fsp3) is 0.417. The van der Waals surface area contributed by atoms with Crippen LogP contribution in [-0.2, 0) is 9.53 Å². The number of benzene rings is 1. The topological polar surface area (TPSA) is 73.6 Å². The zero-order valence-electron chi connectivity index (χ0n) is 9.94. The molecule has 0 aliphatic carbocycles. The molecule has 0 radical (unpaired) electrons. The summed E-state index contributed by atoms with van der Waals surface area (Å²) in [6.45, 7) is 3.24. The lowest BCUT2D eigenvalue weighted by molar-refractivity contribution is -0.120. The number of nitrogens with two attached hydrogens (primary N) is 1. The Morgan fingerprint density at radius 2 is 2.18 bits per heavy atom. The van der Waals surface area contributed by atoms with Gasteiger partial charge in [0.05, 0.1) is 5.69 Å². The number of nitrogens with one attached hydrogen (secondary N) is 1. The van der Waals surface area contributed by atoms with Crippen LogP contribution < -0.4 is 15.8 Å². The van der Waals surface area contributed by atoms with Crippen molar-refractivity contribution in [1.29, 1.82) is 0 Å². The van der Waals surface area contributed by atoms with Crippen LogP contribution in [0.5, 0.6) is 5.75 Å². The zero-order chi connectivity index (χ0) is 12.5. The summed E-state index contributed by atoms with van der Waals surface area (Å²) in [7, 11) is 0. The molecule has 0 saturated carbocycles. The highest BCUT2D eigenvalue weighted by molar-refractivity contribution is 5.93. The van der Waals surface area contributed by atoms with Gasteiger partial charge in [-0.2, -0.15) is 0 Å². The molecule has 0 heterocycles. The summed E-state index contributed by atoms with van der Waals surface area (Å²) < 4.78 is 10.4. The largest absolute Gasteiger partial charge is 0.490 e. The van der Waals surface area contributed by atoms with E-state index in [4.69, 9.17) is 15.2 Å². The van der Waals surface area contributed by atoms with Gasteiger partial charge in [-0.25, -0.2) is 0 Å². The van der Waals surface area contributed by atoms with Gasteiger partial charge in [-0.3, -0.25) is 4.79 Å². The highest BCUT2D eigenvalue weighted by atomic mass is 16.5. The number of carbonyl (C=O) groups is 1. The van der Waals surface area contributed by atoms with Crippen molar-refractivity contribution >= 4 is 11.6 Å². The molecular weight excluding hydrogens is 220 g/mol. The van der Waals surface area contributed by atoms with Crippen LogP contribution in [0.15, 0.2) is 24.3 Å². The van der Waals surface area contributed by atoms with Gasteiger partial charge >= 0.3 is 0 Å². The molecule has 0 unspecified atom stereocenters. The smallest absolute Gasteiger partial charge is 0.250 e. The van der Waals surface area contributed by atoms with Crippen LogP contribution in [0, 0.1) is 0 Å². The predicted molar refractivity (Wildman–Crippen MR) is 66.1 cm³/mol. The molecule has 1 aromatic carbocycles. The molecule has 94 valence electrons. The van der Waals surface area contributed by atoms with Gasteiger partial charge in [0.15, 0.2) is 0 Å². The van der Waals surface area contributed by atoms with Crippen molar-refractivity contribution < 1.29 is 14.3 Å². The minimum atomic E-state index is -0.198. The second-order valence-electron chi connectivity index (χ2n) is 3.32. The summed E-state index contributed by atoms with van der Waals surface area (Å²) in [4.78, 5) is 11.5. The third-order valence-corrected chi connectivity index (χ3v) is 1.97. The summed E-state index contributed by atoms with van der Waals surface area (Å²) in [5, 5.41) is 2.72. The first-order valence-electron chi connectivity index (χ1n) is 5.57. The first kappa shape index (κ1) is 13.5. The summed E-state index contributed by atoms with van der Waals surface area (Å²) >= 11 is 0. The van der Waals surface area contributed by atoms with Crippen molar-refractivity contribution in [3.8, 4) is 5.75 Å². The van der Waals surface area contributed by atoms with Crippen molar-refractivity contribution in [3.05, 3.63) is 24.3 Å². The van der Waals surface area contributed by atoms with Gasteiger partial charge in [-0.05, 0) is 19.1 Å². The van der Waals surface area contributed by atoms with E-state index in [1.54, 1.807) is 12.1 Å². The van der Waals surface area contributed by atoms with Crippen LogP contribution in [0.1, 0.15) is 6.92 Å². The second kappa shape index (κ2) is 7.65. The van der Waals surface area contributed by atoms with E-state index >= 15 is 0 Å². The number of carbonyl (C=O) groups excluding carboxylic acids is 1. The Morgan fingerprint density at radius 1 is 1.41 bits per heavy atom. The molecule has 0 spiro atoms. The number of anilines is 1. The highest BCUT2D eigenvalue weighted by Crippen LogP contribution is 2.23. The number of ether oxygens (including phenoxy) is 2. The molecule has 5 heteroatoms. The Hall–Kier alpha value is -1.59. The van der Waals surface area contributed by atoms with E-state index < -0.39 is 0 Å². The lowest BCUT2D eigenvalue weighted by Crippen LogP contribution is -2.19. The van der Waals surface area contributed by atoms with Gasteiger partial charge in [0.25, 0.3) is 0 Å². The SMILES string of the molecule is CCOCC(=O)Nc1ccccc1OCCN. The van der Waals surface area contributed by atoms with Crippen LogP contribution in [0.4, 0.5) is 5.69 Å². The van der Waals surface area contributed by atoms with Crippen molar-refractivity contribution in [3.63, 3.8) is 0 Å². The van der Waals surface area contributed by atoms with Crippen molar-refractivity contribution in [2.24, 2.45) is 5.73 Å². The minimum Gasteiger partial charge on any atom is -0.490 e. The molecule has 5 nitrogen and oxygen atoms in total. The maximum Gasteiger partial charge on any atom is 0.250 e. The van der Waals surface area contributed by atoms with E-state index in [-0.39, 0.29) is 12.5 Å². The summed E-state index contributed by atoms with van der Waals surface area (Å²) in [5.74, 6) is 0.415. The van der Waals surface area contributed by atoms with Crippen LogP contribution in [-0.4, -0.2) is 32.3 Å². The van der Waals surface area contributed by atoms with Crippen molar-refractivity contribution in [2.75, 3.05) is 31.7 Å². The van der Waals surface area contributed by atoms with Crippen LogP contribution in [0.25, 0.3) is 0 Å². The van der Waals surface area contributed by atoms with Gasteiger partial charge < -0.3 is 20.5 Å². The number of hydrogen-bond acceptors (Lipinski definition) is 4. The predicted octanol–water partition coefficient (Wildman–Crippen LogP) is 0.999. The quantitative estimate of drug-likeness (QED) is 0.743. The Labute approximate surface area is 101 Å². The molecule has 0 atom stereocenters. The van der Waals surface area contributed by atoms with Crippen LogP contribution in [0.2, 0.25) is 0 Å². The van der Waals surface area contributed by atoms with Gasteiger partial charge in [-0.1, -0.05) is 12.1 Å². The molecule has 17 heavy (non-hydrogen) atoms. The summed E-state index contributed by atoms with van der Waals surface area (Å²) in [5.41, 5.74) is 5.99. The second-order valence-corrected chi connectivity index (χ2v) is 3.32. The van der Waals surface area contributed by atoms with E-state index in [9.17, 15) is 4.79 Å². The Kier molecular flexibility index (Phi) is 6.06. The van der Waals surface area contributed by atoms with E-state index in [1.807, 2.05) is 19.1 Å². The lowest BCUT2D eigenvalue weighted by Gasteiger charge is -2.11. The normalized spacial score (nSPS) is 10.0. The number of rotatable bonds is 7. The third-order valence-electron chi connectivity index (χ3n) is 1.97. The number of para-hydroxylation sites is 2. The standard InChI is InChI=1S/C12H18N2O3/c1-2-16-9-12(15)14-10-5-3-4-6-11(10)17-8-7-13/h3-6H,2,7-9,13H2,1H3,(H,14,15). The maximum absolute atomic E-state index is 11.5. The molecule has 0 aliphatic heterocycles. The molecule has 0 aromatic heterocycles. The minimum absolute atomic E-state index is 0.0434. The summed E-state index contributed by atoms with van der Waals surface area (Å²) in [6.07, 6.45) is 0. The molecule has 3 N–H and O–H groups in total. The fourth-order valence-corrected chi connectivity index (χ4v) is 1.25. The monoisotopic (exact) mass is 238 g/mol. The van der Waals surface area contributed by atoms with Crippen LogP contribution >= 0.6 is 0 Å². The Morgan fingerprint density at radius 3 is 2.88 bits per heavy atom. The third kappa shape index (κ3) is 4.84. The fourth-order valence-electron chi connectivity index (χ4n) is 1.25. The van der Waals surface area contributed by atoms with Crippen molar-refractivity contribution in [2.45, 2.75) is 6.92 Å². The number of hydrogen-bond donors (Lipinski definition) is 2. The molecule has 1 rings (SSSR count). The van der Waals surface area contributed by atoms with Crippen molar-refractivity contribution in [1.82, 2.24) is 0 Å². The summed E-state index contributed by atoms with van der Waals surface area (Å²) in [6, 6.07) is 7.22. The van der Waals surface area contributed by atoms with Gasteiger partial charge in [-0.15, -0.1) is 0 Å². The highest BCUT2D eigenvalue weighted by Gasteiger charge is 2.06. The van der Waals surface area contributed by atoms with Crippen LogP contribution in [0.3, 0.4) is 0 Å². The average molecular weight is 238 g/mol. The van der Waals surface area contributed by atoms with Gasteiger partial charge in [0, 0.05) is 13.2 Å². The molecule has 0 bridgehead atoms. The van der Waals surface area contributed by atoms with E-state index in [0.29, 0.717) is 31.2 Å². The molecule has 0 saturated heterocycles. The zero-order valence-corrected chi connectivity index (χ0v) is 9.94. The molecule has 0 fully saturated rings. The molecule has 1 aromatic rings. The van der Waals surface area contributed by atoms with Gasteiger partial charge in [0.1, 0.15) is 19.0 Å². The maximum atomic E-state index is 11.5.